The molecule has 0 saturated carbocycles. The summed E-state index contributed by atoms with van der Waals surface area (Å²) in [7, 11) is -12.2. The molecule has 0 radical (unpaired) electrons. The quantitative estimate of drug-likeness (QED) is 0.0228. The molecule has 5 aromatic carbocycles. The van der Waals surface area contributed by atoms with Gasteiger partial charge in [0.15, 0.2) is 18.2 Å². The van der Waals surface area contributed by atoms with E-state index in [4.69, 9.17) is 67.2 Å². The van der Waals surface area contributed by atoms with Crippen LogP contribution in [-0.4, -0.2) is 203 Å². The predicted molar refractivity (Wildman–Crippen MR) is 483 cm³/mol. The number of sulfone groups is 1. The van der Waals surface area contributed by atoms with Crippen molar-refractivity contribution in [1.29, 1.82) is 0 Å². The normalized spacial score (nSPS) is 29.6. The summed E-state index contributed by atoms with van der Waals surface area (Å²) in [4.78, 5) is 15.7. The summed E-state index contributed by atoms with van der Waals surface area (Å²) in [6.45, 7) is 50.3. The molecular weight excluding hydrogens is 1580 g/mol. The van der Waals surface area contributed by atoms with Crippen LogP contribution < -0.4 is 20.7 Å². The minimum absolute atomic E-state index is 0.0216. The van der Waals surface area contributed by atoms with Gasteiger partial charge in [-0.15, -0.1) is 13.2 Å². The Bertz CT molecular complexity index is 4240. The van der Waals surface area contributed by atoms with Crippen molar-refractivity contribution in [3.05, 3.63) is 213 Å². The molecule has 656 valence electrons. The number of carbonyl (C=O) groups excluding carboxylic acids is 1. The molecule has 1 amide bonds. The number of aliphatic hydroxyl groups is 1. The number of hydrogen-bond donors (Lipinski definition) is 1. The van der Waals surface area contributed by atoms with E-state index in [9.17, 15) is 9.90 Å². The van der Waals surface area contributed by atoms with E-state index in [-0.39, 0.29) is 54.9 Å². The van der Waals surface area contributed by atoms with Gasteiger partial charge in [0.25, 0.3) is 16.6 Å². The predicted octanol–water partition coefficient (Wildman–Crippen LogP) is 16.7. The molecule has 7 aliphatic heterocycles. The summed E-state index contributed by atoms with van der Waals surface area (Å²) in [6.07, 6.45) is -0.675. The monoisotopic (exact) mass is 1720 g/mol. The maximum Gasteiger partial charge on any atom is 0.412 e. The van der Waals surface area contributed by atoms with E-state index in [0.717, 1.165) is 56.4 Å². The minimum Gasteiger partial charge on any atom is -0.444 e. The van der Waals surface area contributed by atoms with Crippen LogP contribution >= 0.6 is 0 Å². The zero-order valence-electron chi connectivity index (χ0n) is 74.3. The standard InChI is InChI=1S/C98H139NO17SSi3/c1-21-57-105-58-41-42-70-60-67(7)80(106-70)55-53-71-59-66(6)68(8)82(107-71)64-83-86(87(104-20)84(109-83)63-73-65-99(98(18,19)112-73)94(101)113-95(9,10)11)93(117(102,103)74-43-31-26-32-44-74)79(100)61-72-54-56-81-88(108-72)92(116-120(97(15,16)17,77-49-37-29-38-50-77)78-51-39-30-40-52-78)91-90(110-81)89(85(111-91)62-69(22-2)114-118(23-3,24-4)25-5)115-119(96(12,13)14,75-45-33-27-34-46-75)76-47-35-28-36-48-76/h21-22,26-52,66,69-73,79-93,100H,1-2,7-8,23-25,53-65H2,3-6,9-20H3/b42-41+/t66-,69-,70+,71+,72-,73+,79+,80+,81+,82-,83+,84-,85-,86+,87+,88+,89+,90+,91-,92+,93-/m1/s1. The van der Waals surface area contributed by atoms with Crippen LogP contribution in [0.4, 0.5) is 4.79 Å². The Morgan fingerprint density at radius 2 is 1.18 bits per heavy atom. The van der Waals surface area contributed by atoms with Gasteiger partial charge >= 0.3 is 6.09 Å². The Kier molecular flexibility index (Phi) is 30.6. The molecule has 7 saturated heterocycles. The van der Waals surface area contributed by atoms with Crippen LogP contribution in [0.15, 0.2) is 218 Å². The van der Waals surface area contributed by atoms with Crippen molar-refractivity contribution >= 4 is 61.6 Å². The first kappa shape index (κ1) is 93.3. The van der Waals surface area contributed by atoms with Crippen LogP contribution in [0, 0.1) is 11.8 Å². The number of nitrogens with zero attached hydrogens (tertiary/aromatic N) is 1. The molecule has 12 rings (SSSR count). The smallest absolute Gasteiger partial charge is 0.412 e. The molecule has 0 bridgehead atoms. The van der Waals surface area contributed by atoms with E-state index in [1.807, 2.05) is 65.0 Å². The molecule has 21 atom stereocenters. The van der Waals surface area contributed by atoms with Gasteiger partial charge in [-0.3, -0.25) is 4.90 Å². The summed E-state index contributed by atoms with van der Waals surface area (Å²) in [6, 6.07) is 54.0. The van der Waals surface area contributed by atoms with Crippen LogP contribution in [0.2, 0.25) is 28.2 Å². The lowest BCUT2D eigenvalue weighted by Crippen LogP contribution is -2.73. The second-order valence-electron chi connectivity index (χ2n) is 38.1. The van der Waals surface area contributed by atoms with E-state index in [1.165, 1.54) is 0 Å². The molecule has 7 fully saturated rings. The Morgan fingerprint density at radius 3 is 1.70 bits per heavy atom. The van der Waals surface area contributed by atoms with Gasteiger partial charge in [0.1, 0.15) is 41.8 Å². The van der Waals surface area contributed by atoms with Crippen molar-refractivity contribution in [1.82, 2.24) is 4.90 Å². The third-order valence-electron chi connectivity index (χ3n) is 26.7. The van der Waals surface area contributed by atoms with Gasteiger partial charge in [-0.2, -0.15) is 0 Å². The first-order chi connectivity index (χ1) is 57.1. The van der Waals surface area contributed by atoms with Gasteiger partial charge in [-0.05, 0) is 145 Å². The molecule has 0 unspecified atom stereocenters. The highest BCUT2D eigenvalue weighted by molar-refractivity contribution is 7.92. The molecule has 120 heavy (non-hydrogen) atoms. The maximum absolute atomic E-state index is 16.6. The number of hydrogen-bond acceptors (Lipinski definition) is 17. The van der Waals surface area contributed by atoms with Crippen molar-refractivity contribution in [2.75, 3.05) is 26.9 Å². The average molecular weight is 1720 g/mol. The number of amides is 1. The molecular formula is C98H139NO17SSi3. The van der Waals surface area contributed by atoms with Gasteiger partial charge in [0.2, 0.25) is 0 Å². The fourth-order valence-electron chi connectivity index (χ4n) is 20.5. The van der Waals surface area contributed by atoms with Crippen molar-refractivity contribution in [3.8, 4) is 0 Å². The lowest BCUT2D eigenvalue weighted by Gasteiger charge is -2.53. The molecule has 5 aromatic rings. The van der Waals surface area contributed by atoms with Crippen LogP contribution in [0.3, 0.4) is 0 Å². The highest BCUT2D eigenvalue weighted by Crippen LogP contribution is 2.52. The summed E-state index contributed by atoms with van der Waals surface area (Å²) in [5.41, 5.74) is 0.0366. The summed E-state index contributed by atoms with van der Waals surface area (Å²) in [5.74, 6) is -1.01. The first-order valence-electron chi connectivity index (χ1n) is 44.3. The molecule has 7 aliphatic rings. The maximum atomic E-state index is 16.6. The van der Waals surface area contributed by atoms with Crippen LogP contribution in [-0.2, 0) is 70.5 Å². The number of benzene rings is 5. The van der Waals surface area contributed by atoms with E-state index in [1.54, 1.807) is 48.4 Å². The van der Waals surface area contributed by atoms with Crippen molar-refractivity contribution in [2.24, 2.45) is 11.8 Å². The third kappa shape index (κ3) is 20.3. The largest absolute Gasteiger partial charge is 0.444 e. The second-order valence-corrected chi connectivity index (χ2v) is 53.5. The second kappa shape index (κ2) is 39.4. The summed E-state index contributed by atoms with van der Waals surface area (Å²) >= 11 is 0. The Hall–Kier alpha value is -5.85. The Balaban J connectivity index is 0.945. The topological polar surface area (TPSA) is 195 Å². The lowest BCUT2D eigenvalue weighted by molar-refractivity contribution is -0.257. The molecule has 0 spiro atoms. The molecule has 0 aliphatic carbocycles. The number of rotatable bonds is 35. The number of methoxy groups -OCH3 is 1. The highest BCUT2D eigenvalue weighted by Gasteiger charge is 2.66. The van der Waals surface area contributed by atoms with Gasteiger partial charge in [0.05, 0.1) is 109 Å². The third-order valence-corrected chi connectivity index (χ3v) is 43.7. The number of fused-ring (bicyclic) bond motifs is 2. The van der Waals surface area contributed by atoms with E-state index in [0.29, 0.717) is 51.7 Å². The molecule has 1 N–H and O–H groups in total. The SMILES string of the molecule is C=CCOC/C=C/[C@H]1CC(=C)[C@H](CC[C@H]2C[C@@H](C)C(=C)[C@@H](C[C@@H]3O[C@H](C[C@H]4CN(C(=O)OC(C)(C)C)C(C)(C)O4)[C@H](OC)[C@H]3[C@@H]([C@@H](O)C[C@H]3CC[C@@H]4O[C@@H]5[C@@H](O[C@H](C[C@@H](C=C)O[Si](CC)(CC)CC)[C@@H]5O[Si](c5ccccc5)(c5ccccc5)C(C)(C)C)[C@@H](O[Si](c5ccccc5)(c5ccccc5)C(C)(C)C)[C@H]4O3)S(=O)(=O)c3ccccc3)O2)O1. The molecule has 18 nitrogen and oxygen atoms in total. The number of carbonyl (C=O) groups is 1. The summed E-state index contributed by atoms with van der Waals surface area (Å²) in [5, 5.41) is 15.9. The Labute approximate surface area is 720 Å². The number of aliphatic hydroxyl groups excluding tert-OH is 1. The van der Waals surface area contributed by atoms with E-state index < -0.39 is 165 Å². The van der Waals surface area contributed by atoms with Gasteiger partial charge in [-0.25, -0.2) is 13.2 Å². The van der Waals surface area contributed by atoms with E-state index >= 15 is 8.42 Å². The zero-order valence-corrected chi connectivity index (χ0v) is 78.2. The van der Waals surface area contributed by atoms with Gasteiger partial charge in [-0.1, -0.05) is 246 Å². The average Bonchev–Trinajstić information content (AvgIpc) is 1.54. The summed E-state index contributed by atoms with van der Waals surface area (Å²) < 4.78 is 128. The van der Waals surface area contributed by atoms with Gasteiger partial charge in [0, 0.05) is 45.1 Å². The highest BCUT2D eigenvalue weighted by atomic mass is 32.2. The minimum atomic E-state index is -4.54. The first-order valence-corrected chi connectivity index (χ1v) is 52.2. The fraction of sp³-hybridized carbons (Fsp3) is 0.582. The zero-order chi connectivity index (χ0) is 86.3. The van der Waals surface area contributed by atoms with Crippen molar-refractivity contribution in [2.45, 2.75) is 328 Å². The number of ether oxygens (including phenoxy) is 10. The van der Waals surface area contributed by atoms with E-state index in [2.05, 4.69) is 198 Å². The molecule has 22 heteroatoms. The van der Waals surface area contributed by atoms with Crippen LogP contribution in [0.5, 0.6) is 0 Å². The van der Waals surface area contributed by atoms with Crippen LogP contribution in [0.25, 0.3) is 0 Å². The molecule has 0 aromatic heterocycles. The molecule has 7 heterocycles. The van der Waals surface area contributed by atoms with Crippen LogP contribution in [0.1, 0.15) is 168 Å². The van der Waals surface area contributed by atoms with Crippen molar-refractivity contribution in [3.63, 3.8) is 0 Å². The lowest BCUT2D eigenvalue weighted by atomic mass is 9.80. The van der Waals surface area contributed by atoms with Gasteiger partial charge < -0.3 is 65.8 Å². The fourth-order valence-corrected chi connectivity index (χ4v) is 34.9. The van der Waals surface area contributed by atoms with Crippen molar-refractivity contribution < 1.29 is 79.0 Å². The Morgan fingerprint density at radius 1 is 0.625 bits per heavy atom.